The molecule has 0 radical (unpaired) electrons. The summed E-state index contributed by atoms with van der Waals surface area (Å²) in [6, 6.07) is 8.19. The monoisotopic (exact) mass is 319 g/mol. The van der Waals surface area contributed by atoms with Crippen LogP contribution in [0.25, 0.3) is 0 Å². The molecular weight excluding hydrogens is 298 g/mol. The summed E-state index contributed by atoms with van der Waals surface area (Å²) < 4.78 is 0. The van der Waals surface area contributed by atoms with Crippen LogP contribution in [0.3, 0.4) is 0 Å². The highest BCUT2D eigenvalue weighted by Gasteiger charge is 2.19. The van der Waals surface area contributed by atoms with Crippen LogP contribution in [0.1, 0.15) is 12.5 Å². The van der Waals surface area contributed by atoms with Gasteiger partial charge < -0.3 is 10.6 Å². The van der Waals surface area contributed by atoms with Gasteiger partial charge in [-0.2, -0.15) is 5.10 Å². The van der Waals surface area contributed by atoms with E-state index in [2.05, 4.69) is 21.2 Å². The molecule has 1 rings (SSSR count). The van der Waals surface area contributed by atoms with Gasteiger partial charge in [-0.25, -0.2) is 10.2 Å². The fraction of sp³-hybridized carbons (Fsp3) is 0.333. The van der Waals surface area contributed by atoms with Crippen molar-refractivity contribution in [3.63, 3.8) is 0 Å². The van der Waals surface area contributed by atoms with Crippen molar-refractivity contribution in [3.8, 4) is 0 Å². The van der Waals surface area contributed by atoms with Crippen LogP contribution in [0.2, 0.25) is 0 Å². The number of hydrazone groups is 1. The number of carbonyl (C=O) groups excluding carboxylic acids is 3. The number of urea groups is 1. The number of hydrogen-bond acceptors (Lipinski definition) is 4. The van der Waals surface area contributed by atoms with Gasteiger partial charge in [-0.15, -0.1) is 0 Å². The van der Waals surface area contributed by atoms with Crippen LogP contribution in [-0.2, 0) is 16.0 Å². The Morgan fingerprint density at radius 1 is 1.26 bits per heavy atom. The molecule has 0 fully saturated rings. The Kier molecular flexibility index (Phi) is 7.25. The molecule has 23 heavy (non-hydrogen) atoms. The molecule has 1 aromatic carbocycles. The Morgan fingerprint density at radius 3 is 2.48 bits per heavy atom. The molecule has 8 nitrogen and oxygen atoms in total. The van der Waals surface area contributed by atoms with Crippen molar-refractivity contribution in [2.45, 2.75) is 19.4 Å². The van der Waals surface area contributed by atoms with Crippen LogP contribution in [0, 0.1) is 0 Å². The molecule has 1 atom stereocenters. The second-order valence-corrected chi connectivity index (χ2v) is 4.83. The van der Waals surface area contributed by atoms with E-state index < -0.39 is 11.9 Å². The van der Waals surface area contributed by atoms with E-state index in [4.69, 9.17) is 0 Å². The molecule has 0 aliphatic heterocycles. The molecule has 8 heteroatoms. The van der Waals surface area contributed by atoms with Crippen LogP contribution < -0.4 is 16.1 Å². The largest absolute Gasteiger partial charge is 0.344 e. The molecule has 1 aromatic rings. The minimum atomic E-state index is -0.752. The second-order valence-electron chi connectivity index (χ2n) is 4.83. The molecule has 124 valence electrons. The van der Waals surface area contributed by atoms with Crippen molar-refractivity contribution >= 4 is 24.2 Å². The molecular formula is C15H21N5O3. The zero-order valence-corrected chi connectivity index (χ0v) is 13.4. The number of amides is 4. The lowest BCUT2D eigenvalue weighted by Crippen LogP contribution is -2.46. The maximum Gasteiger partial charge on any atom is 0.322 e. The molecule has 3 N–H and O–H groups in total. The van der Waals surface area contributed by atoms with E-state index in [0.29, 0.717) is 6.42 Å². The summed E-state index contributed by atoms with van der Waals surface area (Å²) in [6.45, 7) is 1.34. The van der Waals surface area contributed by atoms with Gasteiger partial charge in [0.25, 0.3) is 5.91 Å². The average Bonchev–Trinajstić information content (AvgIpc) is 2.53. The fourth-order valence-corrected chi connectivity index (χ4v) is 1.79. The molecule has 0 aliphatic carbocycles. The average molecular weight is 319 g/mol. The number of nitrogens with zero attached hydrogens (tertiary/aromatic N) is 2. The Hall–Kier alpha value is -2.90. The highest BCUT2D eigenvalue weighted by Crippen LogP contribution is 2.03. The summed E-state index contributed by atoms with van der Waals surface area (Å²) in [5.74, 6) is -0.779. The second kappa shape index (κ2) is 9.19. The lowest BCUT2D eigenvalue weighted by Gasteiger charge is -2.16. The van der Waals surface area contributed by atoms with Gasteiger partial charge in [0, 0.05) is 27.4 Å². The molecule has 0 heterocycles. The van der Waals surface area contributed by atoms with Crippen molar-refractivity contribution in [1.82, 2.24) is 21.0 Å². The first-order chi connectivity index (χ1) is 10.9. The summed E-state index contributed by atoms with van der Waals surface area (Å²) in [4.78, 5) is 35.8. The van der Waals surface area contributed by atoms with Gasteiger partial charge in [0.05, 0.1) is 0 Å². The highest BCUT2D eigenvalue weighted by atomic mass is 16.2. The van der Waals surface area contributed by atoms with Crippen molar-refractivity contribution in [2.24, 2.45) is 5.10 Å². The Morgan fingerprint density at radius 2 is 1.91 bits per heavy atom. The Labute approximate surface area is 134 Å². The highest BCUT2D eigenvalue weighted by molar-refractivity contribution is 5.89. The first-order valence-corrected chi connectivity index (χ1v) is 7.02. The first-order valence-electron chi connectivity index (χ1n) is 7.02. The van der Waals surface area contributed by atoms with Crippen LogP contribution in [0.5, 0.6) is 0 Å². The van der Waals surface area contributed by atoms with E-state index in [-0.39, 0.29) is 11.9 Å². The Balaban J connectivity index is 2.67. The standard InChI is InChI=1S/C15H21N5O3/c1-11(21)18-13(9-12-7-5-4-6-8-12)14(22)19-17-10-20(3)15(23)16-2/h4-8,10,13H,9H2,1-3H3,(H,16,23)(H,18,21)(H,19,22)/b17-10+/t13-/m0/s1. The SMILES string of the molecule is CNC(=O)N(C)/C=N/NC(=O)[C@H](Cc1ccccc1)NC(C)=O. The van der Waals surface area contributed by atoms with Crippen LogP contribution in [0.15, 0.2) is 35.4 Å². The lowest BCUT2D eigenvalue weighted by molar-refractivity contribution is -0.128. The summed E-state index contributed by atoms with van der Waals surface area (Å²) in [6.07, 6.45) is 1.51. The molecule has 0 bridgehead atoms. The van der Waals surface area contributed by atoms with E-state index in [9.17, 15) is 14.4 Å². The molecule has 4 amide bonds. The lowest BCUT2D eigenvalue weighted by atomic mass is 10.1. The van der Waals surface area contributed by atoms with Crippen LogP contribution in [0.4, 0.5) is 4.79 Å². The zero-order chi connectivity index (χ0) is 17.2. The fourth-order valence-electron chi connectivity index (χ4n) is 1.79. The summed E-state index contributed by atoms with van der Waals surface area (Å²) in [5, 5.41) is 8.69. The van der Waals surface area contributed by atoms with Crippen LogP contribution in [-0.4, -0.2) is 49.2 Å². The predicted octanol–water partition coefficient (Wildman–Crippen LogP) is 0.0645. The third-order valence-electron chi connectivity index (χ3n) is 2.92. The van der Waals surface area contributed by atoms with E-state index in [1.54, 1.807) is 0 Å². The number of rotatable bonds is 6. The third-order valence-corrected chi connectivity index (χ3v) is 2.92. The smallest absolute Gasteiger partial charge is 0.322 e. The van der Waals surface area contributed by atoms with Crippen molar-refractivity contribution in [3.05, 3.63) is 35.9 Å². The van der Waals surface area contributed by atoms with Crippen LogP contribution >= 0.6 is 0 Å². The van der Waals surface area contributed by atoms with Crippen molar-refractivity contribution in [2.75, 3.05) is 14.1 Å². The van der Waals surface area contributed by atoms with E-state index >= 15 is 0 Å². The van der Waals surface area contributed by atoms with E-state index in [1.807, 2.05) is 30.3 Å². The number of carbonyl (C=O) groups is 3. The van der Waals surface area contributed by atoms with Crippen molar-refractivity contribution < 1.29 is 14.4 Å². The first kappa shape index (κ1) is 18.1. The third kappa shape index (κ3) is 6.60. The molecule has 0 unspecified atom stereocenters. The molecule has 0 aliphatic rings. The maximum absolute atomic E-state index is 12.1. The van der Waals surface area contributed by atoms with Gasteiger partial charge in [-0.1, -0.05) is 30.3 Å². The minimum absolute atomic E-state index is 0.312. The number of nitrogens with one attached hydrogen (secondary N) is 3. The molecule has 0 saturated heterocycles. The van der Waals surface area contributed by atoms with E-state index in [1.165, 1.54) is 32.3 Å². The zero-order valence-electron chi connectivity index (χ0n) is 13.4. The predicted molar refractivity (Wildman–Crippen MR) is 86.6 cm³/mol. The molecule has 0 spiro atoms. The number of benzene rings is 1. The maximum atomic E-state index is 12.1. The summed E-state index contributed by atoms with van der Waals surface area (Å²) >= 11 is 0. The quantitative estimate of drug-likeness (QED) is 0.392. The topological polar surface area (TPSA) is 103 Å². The Bertz CT molecular complexity index is 574. The van der Waals surface area contributed by atoms with E-state index in [0.717, 1.165) is 5.56 Å². The minimum Gasteiger partial charge on any atom is -0.344 e. The van der Waals surface area contributed by atoms with Gasteiger partial charge in [-0.05, 0) is 5.56 Å². The van der Waals surface area contributed by atoms with Gasteiger partial charge >= 0.3 is 6.03 Å². The molecule has 0 aromatic heterocycles. The number of hydrogen-bond donors (Lipinski definition) is 3. The van der Waals surface area contributed by atoms with Gasteiger partial charge in [0.2, 0.25) is 5.91 Å². The summed E-state index contributed by atoms with van der Waals surface area (Å²) in [7, 11) is 2.97. The van der Waals surface area contributed by atoms with Gasteiger partial charge in [-0.3, -0.25) is 14.5 Å². The van der Waals surface area contributed by atoms with Crippen molar-refractivity contribution in [1.29, 1.82) is 0 Å². The normalized spacial score (nSPS) is 11.6. The van der Waals surface area contributed by atoms with Gasteiger partial charge in [0.15, 0.2) is 0 Å². The summed E-state index contributed by atoms with van der Waals surface area (Å²) in [5.41, 5.74) is 3.22. The molecule has 0 saturated carbocycles. The van der Waals surface area contributed by atoms with Gasteiger partial charge in [0.1, 0.15) is 12.4 Å².